The van der Waals surface area contributed by atoms with E-state index in [4.69, 9.17) is 11.5 Å². The Bertz CT molecular complexity index is 1190. The fourth-order valence-corrected chi connectivity index (χ4v) is 3.38. The highest BCUT2D eigenvalue weighted by Crippen LogP contribution is 2.36. The van der Waals surface area contributed by atoms with Crippen molar-refractivity contribution in [2.24, 2.45) is 0 Å². The molecule has 0 amide bonds. The Labute approximate surface area is 167 Å². The second-order valence-corrected chi connectivity index (χ2v) is 6.81. The van der Waals surface area contributed by atoms with Crippen molar-refractivity contribution < 1.29 is 4.39 Å². The molecule has 3 aromatic heterocycles. The first kappa shape index (κ1) is 18.5. The monoisotopic (exact) mass is 389 g/mol. The minimum atomic E-state index is -0.320. The molecule has 0 saturated heterocycles. The zero-order valence-corrected chi connectivity index (χ0v) is 16.0. The van der Waals surface area contributed by atoms with Crippen LogP contribution in [0.2, 0.25) is 0 Å². The van der Waals surface area contributed by atoms with Crippen molar-refractivity contribution in [3.8, 4) is 11.3 Å². The maximum absolute atomic E-state index is 14.3. The molecule has 0 saturated carbocycles. The molecule has 3 heterocycles. The normalized spacial score (nSPS) is 12.1. The maximum atomic E-state index is 14.3. The molecule has 0 aliphatic rings. The largest absolute Gasteiger partial charge is 0.393 e. The number of aryl methyl sites for hydroxylation is 1. The number of fused-ring (bicyclic) bond motifs is 1. The Morgan fingerprint density at radius 3 is 2.66 bits per heavy atom. The SMILES string of the molecule is Cc1cc(F)cc2c(-c3ccccn3)c(C(C)Nc3ncnc(N)c3N)cnc12. The van der Waals surface area contributed by atoms with Gasteiger partial charge in [0.25, 0.3) is 0 Å². The van der Waals surface area contributed by atoms with Crippen LogP contribution in [0.5, 0.6) is 0 Å². The average molecular weight is 389 g/mol. The number of nitrogens with one attached hydrogen (secondary N) is 1. The number of halogens is 1. The van der Waals surface area contributed by atoms with Gasteiger partial charge in [-0.25, -0.2) is 14.4 Å². The molecular formula is C21H20FN7. The van der Waals surface area contributed by atoms with Crippen LogP contribution in [0, 0.1) is 12.7 Å². The summed E-state index contributed by atoms with van der Waals surface area (Å²) in [4.78, 5) is 17.1. The minimum absolute atomic E-state index is 0.203. The number of hydrogen-bond donors (Lipinski definition) is 3. The second-order valence-electron chi connectivity index (χ2n) is 6.81. The summed E-state index contributed by atoms with van der Waals surface area (Å²) in [5.41, 5.74) is 15.9. The van der Waals surface area contributed by atoms with Gasteiger partial charge in [-0.1, -0.05) is 6.07 Å². The molecule has 29 heavy (non-hydrogen) atoms. The molecule has 0 bridgehead atoms. The number of nitrogen functional groups attached to an aromatic ring is 2. The van der Waals surface area contributed by atoms with E-state index >= 15 is 0 Å². The predicted molar refractivity (Wildman–Crippen MR) is 113 cm³/mol. The molecule has 1 atom stereocenters. The third-order valence-corrected chi connectivity index (χ3v) is 4.81. The summed E-state index contributed by atoms with van der Waals surface area (Å²) in [6, 6.07) is 8.33. The third kappa shape index (κ3) is 3.40. The fraction of sp³-hybridized carbons (Fsp3) is 0.143. The molecule has 0 fully saturated rings. The van der Waals surface area contributed by atoms with E-state index in [9.17, 15) is 4.39 Å². The van der Waals surface area contributed by atoms with Crippen molar-refractivity contribution in [2.75, 3.05) is 16.8 Å². The number of rotatable bonds is 4. The lowest BCUT2D eigenvalue weighted by Gasteiger charge is -2.21. The van der Waals surface area contributed by atoms with Crippen molar-refractivity contribution in [2.45, 2.75) is 19.9 Å². The smallest absolute Gasteiger partial charge is 0.155 e. The van der Waals surface area contributed by atoms with Crippen molar-refractivity contribution in [1.82, 2.24) is 19.9 Å². The molecule has 0 radical (unpaired) electrons. The summed E-state index contributed by atoms with van der Waals surface area (Å²) in [6.07, 6.45) is 4.83. The molecule has 0 aliphatic heterocycles. The lowest BCUT2D eigenvalue weighted by molar-refractivity contribution is 0.628. The summed E-state index contributed by atoms with van der Waals surface area (Å²) >= 11 is 0. The number of pyridine rings is 2. The standard InChI is InChI=1S/C21H20FN7/c1-11-7-13(22)8-14-17(16-5-3-4-6-25-16)15(9-26-19(11)14)12(2)29-21-18(23)20(24)27-10-28-21/h3-10,12H,23H2,1-2H3,(H3,24,27,28,29). The number of nitrogens with two attached hydrogens (primary N) is 2. The number of aromatic nitrogens is 4. The van der Waals surface area contributed by atoms with Gasteiger partial charge in [-0.05, 0) is 43.7 Å². The highest BCUT2D eigenvalue weighted by atomic mass is 19.1. The number of hydrogen-bond acceptors (Lipinski definition) is 7. The van der Waals surface area contributed by atoms with Crippen LogP contribution in [0.1, 0.15) is 24.1 Å². The Hall–Kier alpha value is -3.81. The summed E-state index contributed by atoms with van der Waals surface area (Å²) in [5, 5.41) is 3.95. The van der Waals surface area contributed by atoms with E-state index < -0.39 is 0 Å². The topological polar surface area (TPSA) is 116 Å². The van der Waals surface area contributed by atoms with Crippen molar-refractivity contribution >= 4 is 28.2 Å². The van der Waals surface area contributed by atoms with Gasteiger partial charge in [-0.15, -0.1) is 0 Å². The minimum Gasteiger partial charge on any atom is -0.393 e. The Balaban J connectivity index is 1.91. The Morgan fingerprint density at radius 2 is 1.90 bits per heavy atom. The van der Waals surface area contributed by atoms with Gasteiger partial charge in [-0.3, -0.25) is 9.97 Å². The van der Waals surface area contributed by atoms with Gasteiger partial charge in [0.2, 0.25) is 0 Å². The van der Waals surface area contributed by atoms with Gasteiger partial charge in [0.15, 0.2) is 11.6 Å². The van der Waals surface area contributed by atoms with E-state index in [1.165, 1.54) is 18.5 Å². The predicted octanol–water partition coefficient (Wildman–Crippen LogP) is 3.87. The first-order valence-corrected chi connectivity index (χ1v) is 9.08. The molecule has 7 nitrogen and oxygen atoms in total. The molecule has 146 valence electrons. The van der Waals surface area contributed by atoms with Crippen LogP contribution in [-0.4, -0.2) is 19.9 Å². The van der Waals surface area contributed by atoms with Crippen LogP contribution in [0.15, 0.2) is 49.1 Å². The summed E-state index contributed by atoms with van der Waals surface area (Å²) in [7, 11) is 0. The summed E-state index contributed by atoms with van der Waals surface area (Å²) in [5.74, 6) is 0.307. The van der Waals surface area contributed by atoms with Gasteiger partial charge < -0.3 is 16.8 Å². The van der Waals surface area contributed by atoms with E-state index in [2.05, 4.69) is 25.3 Å². The van der Waals surface area contributed by atoms with Gasteiger partial charge >= 0.3 is 0 Å². The number of nitrogens with zero attached hydrogens (tertiary/aromatic N) is 4. The molecule has 4 aromatic rings. The number of anilines is 3. The molecule has 1 aromatic carbocycles. The van der Waals surface area contributed by atoms with Crippen LogP contribution in [0.3, 0.4) is 0 Å². The molecule has 1 unspecified atom stereocenters. The molecule has 5 N–H and O–H groups in total. The third-order valence-electron chi connectivity index (χ3n) is 4.81. The second kappa shape index (κ2) is 7.31. The maximum Gasteiger partial charge on any atom is 0.155 e. The molecular weight excluding hydrogens is 369 g/mol. The van der Waals surface area contributed by atoms with Crippen molar-refractivity contribution in [3.05, 3.63) is 66.0 Å². The molecule has 4 rings (SSSR count). The Kier molecular flexibility index (Phi) is 4.67. The zero-order valence-electron chi connectivity index (χ0n) is 16.0. The van der Waals surface area contributed by atoms with Crippen LogP contribution < -0.4 is 16.8 Å². The number of benzene rings is 1. The highest BCUT2D eigenvalue weighted by molar-refractivity contribution is 5.97. The molecule has 0 spiro atoms. The van der Waals surface area contributed by atoms with E-state index in [1.54, 1.807) is 12.4 Å². The van der Waals surface area contributed by atoms with Gasteiger partial charge in [0, 0.05) is 28.9 Å². The van der Waals surface area contributed by atoms with Crippen LogP contribution >= 0.6 is 0 Å². The quantitative estimate of drug-likeness (QED) is 0.485. The first-order chi connectivity index (χ1) is 14.0. The van der Waals surface area contributed by atoms with Gasteiger partial charge in [0.05, 0.1) is 17.3 Å². The fourth-order valence-electron chi connectivity index (χ4n) is 3.38. The van der Waals surface area contributed by atoms with Crippen LogP contribution in [0.25, 0.3) is 22.2 Å². The average Bonchev–Trinajstić information content (AvgIpc) is 2.71. The van der Waals surface area contributed by atoms with E-state index in [0.29, 0.717) is 11.2 Å². The first-order valence-electron chi connectivity index (χ1n) is 9.08. The van der Waals surface area contributed by atoms with E-state index in [0.717, 1.165) is 27.9 Å². The Morgan fingerprint density at radius 1 is 1.07 bits per heavy atom. The van der Waals surface area contributed by atoms with Crippen LogP contribution in [-0.2, 0) is 0 Å². The molecule has 8 heteroatoms. The highest BCUT2D eigenvalue weighted by Gasteiger charge is 2.20. The van der Waals surface area contributed by atoms with E-state index in [1.807, 2.05) is 32.0 Å². The zero-order chi connectivity index (χ0) is 20.5. The van der Waals surface area contributed by atoms with Gasteiger partial charge in [0.1, 0.15) is 17.8 Å². The van der Waals surface area contributed by atoms with Crippen LogP contribution in [0.4, 0.5) is 21.7 Å². The van der Waals surface area contributed by atoms with E-state index in [-0.39, 0.29) is 23.4 Å². The van der Waals surface area contributed by atoms with Gasteiger partial charge in [-0.2, -0.15) is 0 Å². The van der Waals surface area contributed by atoms with Crippen molar-refractivity contribution in [1.29, 1.82) is 0 Å². The van der Waals surface area contributed by atoms with Crippen molar-refractivity contribution in [3.63, 3.8) is 0 Å². The lowest BCUT2D eigenvalue weighted by Crippen LogP contribution is -2.13. The molecule has 0 aliphatic carbocycles. The summed E-state index contributed by atoms with van der Waals surface area (Å²) in [6.45, 7) is 3.78. The summed E-state index contributed by atoms with van der Waals surface area (Å²) < 4.78 is 14.3. The lowest BCUT2D eigenvalue weighted by atomic mass is 9.94.